The Balaban J connectivity index is 1.05. The molecule has 0 aliphatic heterocycles. The van der Waals surface area contributed by atoms with Gasteiger partial charge in [0.2, 0.25) is 0 Å². The zero-order valence-electron chi connectivity index (χ0n) is 22.1. The first-order valence-electron chi connectivity index (χ1n) is 13.4. The fourth-order valence-corrected chi connectivity index (χ4v) is 5.39. The van der Waals surface area contributed by atoms with Crippen molar-refractivity contribution in [3.63, 3.8) is 0 Å². The quantitative estimate of drug-likeness (QED) is 0.199. The number of hydrogen-bond acceptors (Lipinski definition) is 3. The van der Waals surface area contributed by atoms with E-state index in [0.29, 0.717) is 11.8 Å². The Labute approximate surface area is 218 Å². The van der Waals surface area contributed by atoms with Crippen molar-refractivity contribution < 1.29 is 13.6 Å². The third kappa shape index (κ3) is 4.65. The summed E-state index contributed by atoms with van der Waals surface area (Å²) in [4.78, 5) is 0. The first kappa shape index (κ1) is 23.8. The van der Waals surface area contributed by atoms with Gasteiger partial charge in [0, 0.05) is 34.8 Å². The normalized spacial score (nSPS) is 13.7. The van der Waals surface area contributed by atoms with Gasteiger partial charge in [0.15, 0.2) is 0 Å². The maximum absolute atomic E-state index is 6.10. The molecule has 0 aliphatic rings. The highest BCUT2D eigenvalue weighted by atomic mass is 16.5. The number of fused-ring (bicyclic) bond motifs is 6. The second kappa shape index (κ2) is 9.72. The van der Waals surface area contributed by atoms with E-state index in [2.05, 4.69) is 100 Å². The van der Waals surface area contributed by atoms with Gasteiger partial charge < -0.3 is 13.6 Å². The molecule has 2 atom stereocenters. The van der Waals surface area contributed by atoms with Crippen LogP contribution >= 0.6 is 0 Å². The van der Waals surface area contributed by atoms with E-state index < -0.39 is 0 Å². The zero-order chi connectivity index (χ0) is 25.5. The first-order chi connectivity index (χ1) is 18.0. The van der Waals surface area contributed by atoms with Crippen molar-refractivity contribution in [3.05, 3.63) is 95.1 Å². The van der Waals surface area contributed by atoms with Gasteiger partial charge >= 0.3 is 0 Å². The molecule has 0 aliphatic carbocycles. The Morgan fingerprint density at radius 1 is 0.541 bits per heavy atom. The Hall–Kier alpha value is -3.56. The molecule has 6 rings (SSSR count). The smallest absolute Gasteiger partial charge is 0.135 e. The molecule has 2 unspecified atom stereocenters. The number of rotatable bonds is 8. The predicted molar refractivity (Wildman–Crippen MR) is 154 cm³/mol. The Morgan fingerprint density at radius 3 is 1.35 bits per heavy atom. The fraction of sp³-hybridized carbons (Fsp3) is 0.294. The highest BCUT2D eigenvalue weighted by Gasteiger charge is 2.13. The molecule has 3 nitrogen and oxygen atoms in total. The molecule has 0 saturated heterocycles. The van der Waals surface area contributed by atoms with Crippen molar-refractivity contribution in [3.8, 4) is 0 Å². The molecule has 37 heavy (non-hydrogen) atoms. The second-order valence-electron chi connectivity index (χ2n) is 10.7. The summed E-state index contributed by atoms with van der Waals surface area (Å²) in [7, 11) is 0. The van der Waals surface area contributed by atoms with Crippen molar-refractivity contribution in [1.82, 2.24) is 0 Å². The van der Waals surface area contributed by atoms with E-state index in [1.54, 1.807) is 0 Å². The maximum atomic E-state index is 6.10. The van der Waals surface area contributed by atoms with Crippen molar-refractivity contribution in [2.45, 2.75) is 52.4 Å². The van der Waals surface area contributed by atoms with Gasteiger partial charge in [-0.05, 0) is 98.2 Å². The summed E-state index contributed by atoms with van der Waals surface area (Å²) in [5, 5.41) is 4.81. The van der Waals surface area contributed by atoms with Gasteiger partial charge in [-0.25, -0.2) is 0 Å². The van der Waals surface area contributed by atoms with Gasteiger partial charge in [0.25, 0.3) is 0 Å². The summed E-state index contributed by atoms with van der Waals surface area (Å²) in [6.45, 7) is 10.4. The number of hydrogen-bond donors (Lipinski definition) is 0. The molecule has 2 heterocycles. The fourth-order valence-electron chi connectivity index (χ4n) is 5.39. The van der Waals surface area contributed by atoms with Crippen LogP contribution in [0.25, 0.3) is 43.9 Å². The van der Waals surface area contributed by atoms with Crippen LogP contribution in [0, 0.1) is 13.8 Å². The third-order valence-electron chi connectivity index (χ3n) is 7.83. The summed E-state index contributed by atoms with van der Waals surface area (Å²) < 4.78 is 18.2. The van der Waals surface area contributed by atoms with E-state index in [-0.39, 0.29) is 0 Å². The van der Waals surface area contributed by atoms with E-state index in [1.165, 1.54) is 43.8 Å². The first-order valence-corrected chi connectivity index (χ1v) is 13.4. The minimum absolute atomic E-state index is 0.428. The van der Waals surface area contributed by atoms with E-state index in [1.807, 2.05) is 0 Å². The van der Waals surface area contributed by atoms with Crippen LogP contribution in [0.1, 0.15) is 60.8 Å². The van der Waals surface area contributed by atoms with Crippen LogP contribution in [0.15, 0.2) is 81.6 Å². The van der Waals surface area contributed by atoms with Gasteiger partial charge in [0.05, 0.1) is 0 Å². The number of benzene rings is 4. The molecule has 0 fully saturated rings. The van der Waals surface area contributed by atoms with Crippen molar-refractivity contribution in [2.75, 3.05) is 13.2 Å². The van der Waals surface area contributed by atoms with Gasteiger partial charge in [-0.15, -0.1) is 0 Å². The third-order valence-corrected chi connectivity index (χ3v) is 7.83. The van der Waals surface area contributed by atoms with Crippen LogP contribution in [0.5, 0.6) is 0 Å². The van der Waals surface area contributed by atoms with Crippen LogP contribution < -0.4 is 0 Å². The van der Waals surface area contributed by atoms with Crippen LogP contribution in [-0.4, -0.2) is 13.2 Å². The molecule has 6 aromatic rings. The van der Waals surface area contributed by atoms with Gasteiger partial charge in [0.1, 0.15) is 22.3 Å². The zero-order valence-corrected chi connectivity index (χ0v) is 22.1. The lowest BCUT2D eigenvalue weighted by Crippen LogP contribution is -2.05. The van der Waals surface area contributed by atoms with E-state index >= 15 is 0 Å². The van der Waals surface area contributed by atoms with Crippen LogP contribution in [0.4, 0.5) is 0 Å². The lowest BCUT2D eigenvalue weighted by Gasteiger charge is -2.15. The van der Waals surface area contributed by atoms with Crippen LogP contribution in [0.2, 0.25) is 0 Å². The number of aryl methyl sites for hydroxylation is 2. The molecule has 2 aromatic heterocycles. The molecule has 0 radical (unpaired) electrons. The molecule has 4 aromatic carbocycles. The summed E-state index contributed by atoms with van der Waals surface area (Å²) in [6.07, 6.45) is 2.00. The highest BCUT2D eigenvalue weighted by molar-refractivity contribution is 6.06. The average molecular weight is 491 g/mol. The Morgan fingerprint density at radius 2 is 0.919 bits per heavy atom. The molecular weight excluding hydrogens is 456 g/mol. The minimum atomic E-state index is 0.428. The second-order valence-corrected chi connectivity index (χ2v) is 10.7. The van der Waals surface area contributed by atoms with Crippen molar-refractivity contribution in [1.29, 1.82) is 0 Å². The minimum Gasteiger partial charge on any atom is -0.456 e. The SMILES string of the molecule is Cc1ccc2oc3ccc(C(C)CCOCCC(C)c4ccc5oc6ccc(C)cc6c5c4)cc3c2c1. The van der Waals surface area contributed by atoms with Crippen molar-refractivity contribution in [2.24, 2.45) is 0 Å². The Kier molecular flexibility index (Phi) is 6.26. The molecule has 0 N–H and O–H groups in total. The lowest BCUT2D eigenvalue weighted by atomic mass is 9.96. The van der Waals surface area contributed by atoms with Crippen LogP contribution in [-0.2, 0) is 4.74 Å². The average Bonchev–Trinajstić information content (AvgIpc) is 3.44. The maximum Gasteiger partial charge on any atom is 0.135 e. The lowest BCUT2D eigenvalue weighted by molar-refractivity contribution is 0.122. The summed E-state index contributed by atoms with van der Waals surface area (Å²) in [5.41, 5.74) is 9.01. The standard InChI is InChI=1S/C34H34O3/c1-21-5-9-31-27(17-21)29-19-25(7-11-33(29)36-31)23(3)13-15-35-16-14-24(4)26-8-12-34-30(20-26)28-18-22(2)6-10-32(28)37-34/h5-12,17-20,23-24H,13-16H2,1-4H3. The summed E-state index contributed by atoms with van der Waals surface area (Å²) in [6, 6.07) is 26.0. The van der Waals surface area contributed by atoms with Crippen LogP contribution in [0.3, 0.4) is 0 Å². The van der Waals surface area contributed by atoms with E-state index in [9.17, 15) is 0 Å². The topological polar surface area (TPSA) is 35.5 Å². The molecule has 188 valence electrons. The Bertz CT molecular complexity index is 1590. The monoisotopic (exact) mass is 490 g/mol. The van der Waals surface area contributed by atoms with E-state index in [4.69, 9.17) is 13.6 Å². The van der Waals surface area contributed by atoms with Gasteiger partial charge in [-0.3, -0.25) is 0 Å². The van der Waals surface area contributed by atoms with E-state index in [0.717, 1.165) is 48.4 Å². The number of furan rings is 2. The van der Waals surface area contributed by atoms with Crippen molar-refractivity contribution >= 4 is 43.9 Å². The molecule has 0 amide bonds. The number of ether oxygens (including phenoxy) is 1. The van der Waals surface area contributed by atoms with Gasteiger partial charge in [-0.1, -0.05) is 49.2 Å². The molecule has 3 heteroatoms. The highest BCUT2D eigenvalue weighted by Crippen LogP contribution is 2.34. The van der Waals surface area contributed by atoms with Gasteiger partial charge in [-0.2, -0.15) is 0 Å². The summed E-state index contributed by atoms with van der Waals surface area (Å²) >= 11 is 0. The largest absolute Gasteiger partial charge is 0.456 e. The predicted octanol–water partition coefficient (Wildman–Crippen LogP) is 9.81. The molecule has 0 spiro atoms. The molecule has 0 saturated carbocycles. The molecular formula is C34H34O3. The summed E-state index contributed by atoms with van der Waals surface area (Å²) in [5.74, 6) is 0.855. The molecule has 0 bridgehead atoms.